The maximum absolute atomic E-state index is 12.6. The van der Waals surface area contributed by atoms with Crippen molar-refractivity contribution in [2.75, 3.05) is 6.61 Å². The number of esters is 1. The monoisotopic (exact) mass is 418 g/mol. The summed E-state index contributed by atoms with van der Waals surface area (Å²) in [5.41, 5.74) is 3.07. The van der Waals surface area contributed by atoms with Gasteiger partial charge >= 0.3 is 5.97 Å². The second-order valence-electron chi connectivity index (χ2n) is 7.45. The van der Waals surface area contributed by atoms with Gasteiger partial charge in [0.05, 0.1) is 26.4 Å². The highest BCUT2D eigenvalue weighted by Crippen LogP contribution is 2.25. The Hall–Kier alpha value is -2.99. The SMILES string of the molecule is O=C1O[C@H](COCc2ccccc2)C(OCc2ccccc2)[C@H]1OCc1ccccc1. The number of benzene rings is 3. The van der Waals surface area contributed by atoms with Crippen molar-refractivity contribution in [2.24, 2.45) is 0 Å². The summed E-state index contributed by atoms with van der Waals surface area (Å²) >= 11 is 0. The van der Waals surface area contributed by atoms with Gasteiger partial charge < -0.3 is 18.9 Å². The van der Waals surface area contributed by atoms with Crippen LogP contribution in [-0.2, 0) is 43.6 Å². The quantitative estimate of drug-likeness (QED) is 0.460. The molecule has 5 nitrogen and oxygen atoms in total. The summed E-state index contributed by atoms with van der Waals surface area (Å²) < 4.78 is 23.5. The molecule has 1 unspecified atom stereocenters. The third-order valence-corrected chi connectivity index (χ3v) is 5.12. The molecule has 3 aromatic rings. The molecular weight excluding hydrogens is 392 g/mol. The number of ether oxygens (including phenoxy) is 4. The van der Waals surface area contributed by atoms with Crippen molar-refractivity contribution >= 4 is 5.97 Å². The maximum atomic E-state index is 12.6. The van der Waals surface area contributed by atoms with E-state index in [-0.39, 0.29) is 6.61 Å². The first-order chi connectivity index (χ1) is 15.3. The molecule has 1 aliphatic rings. The van der Waals surface area contributed by atoms with Crippen LogP contribution >= 0.6 is 0 Å². The zero-order valence-electron chi connectivity index (χ0n) is 17.3. The van der Waals surface area contributed by atoms with Crippen molar-refractivity contribution in [1.82, 2.24) is 0 Å². The zero-order valence-corrected chi connectivity index (χ0v) is 17.3. The summed E-state index contributed by atoms with van der Waals surface area (Å²) in [4.78, 5) is 12.6. The van der Waals surface area contributed by atoms with Crippen LogP contribution in [0.25, 0.3) is 0 Å². The van der Waals surface area contributed by atoms with Crippen LogP contribution in [0.4, 0.5) is 0 Å². The Kier molecular flexibility index (Phi) is 7.45. The molecule has 0 bridgehead atoms. The Bertz CT molecular complexity index is 930. The molecule has 1 fully saturated rings. The number of carbonyl (C=O) groups excluding carboxylic acids is 1. The molecule has 3 aromatic carbocycles. The first kappa shape index (κ1) is 21.2. The molecule has 4 rings (SSSR count). The number of hydrogen-bond acceptors (Lipinski definition) is 5. The number of rotatable bonds is 10. The predicted molar refractivity (Wildman–Crippen MR) is 116 cm³/mol. The first-order valence-electron chi connectivity index (χ1n) is 10.4. The van der Waals surface area contributed by atoms with Crippen LogP contribution in [0.15, 0.2) is 91.0 Å². The van der Waals surface area contributed by atoms with Gasteiger partial charge in [-0.25, -0.2) is 4.79 Å². The highest BCUT2D eigenvalue weighted by atomic mass is 16.6. The summed E-state index contributed by atoms with van der Waals surface area (Å²) in [6.45, 7) is 1.35. The third kappa shape index (κ3) is 6.01. The molecule has 0 spiro atoms. The normalized spacial score (nSPS) is 20.5. The van der Waals surface area contributed by atoms with Crippen molar-refractivity contribution in [3.05, 3.63) is 108 Å². The van der Waals surface area contributed by atoms with Crippen molar-refractivity contribution in [1.29, 1.82) is 0 Å². The number of cyclic esters (lactones) is 1. The van der Waals surface area contributed by atoms with Crippen molar-refractivity contribution in [3.8, 4) is 0 Å². The topological polar surface area (TPSA) is 54.0 Å². The van der Waals surface area contributed by atoms with Gasteiger partial charge in [-0.05, 0) is 16.7 Å². The molecule has 0 amide bonds. The highest BCUT2D eigenvalue weighted by molar-refractivity contribution is 5.78. The summed E-state index contributed by atoms with van der Waals surface area (Å²) in [5, 5.41) is 0. The van der Waals surface area contributed by atoms with Gasteiger partial charge in [0.25, 0.3) is 0 Å². The number of carbonyl (C=O) groups is 1. The predicted octanol–water partition coefficient (Wildman–Crippen LogP) is 4.30. The molecule has 0 N–H and O–H groups in total. The van der Waals surface area contributed by atoms with Crippen LogP contribution in [0.5, 0.6) is 0 Å². The standard InChI is InChI=1S/C26H26O5/c27-26-25(30-18-22-14-8-3-9-15-22)24(29-17-21-12-6-2-7-13-21)23(31-26)19-28-16-20-10-4-1-5-11-20/h1-15,23-25H,16-19H2/t23-,24?,25-/m1/s1. The lowest BCUT2D eigenvalue weighted by molar-refractivity contribution is -0.152. The van der Waals surface area contributed by atoms with Crippen LogP contribution in [-0.4, -0.2) is 30.9 Å². The number of hydrogen-bond donors (Lipinski definition) is 0. The fraction of sp³-hybridized carbons (Fsp3) is 0.269. The summed E-state index contributed by atoms with van der Waals surface area (Å²) in [6.07, 6.45) is -1.87. The molecule has 5 heteroatoms. The van der Waals surface area contributed by atoms with Crippen LogP contribution < -0.4 is 0 Å². The van der Waals surface area contributed by atoms with E-state index in [1.54, 1.807) is 0 Å². The molecule has 1 heterocycles. The third-order valence-electron chi connectivity index (χ3n) is 5.12. The van der Waals surface area contributed by atoms with Gasteiger partial charge in [-0.1, -0.05) is 91.0 Å². The summed E-state index contributed by atoms with van der Waals surface area (Å²) in [7, 11) is 0. The van der Waals surface area contributed by atoms with Crippen LogP contribution in [0, 0.1) is 0 Å². The minimum absolute atomic E-state index is 0.241. The van der Waals surface area contributed by atoms with E-state index < -0.39 is 24.3 Å². The minimum atomic E-state index is -0.797. The van der Waals surface area contributed by atoms with Gasteiger partial charge in [0.1, 0.15) is 6.10 Å². The van der Waals surface area contributed by atoms with E-state index in [1.807, 2.05) is 91.0 Å². The minimum Gasteiger partial charge on any atom is -0.455 e. The molecule has 0 radical (unpaired) electrons. The van der Waals surface area contributed by atoms with Crippen LogP contribution in [0.3, 0.4) is 0 Å². The van der Waals surface area contributed by atoms with Gasteiger partial charge in [0, 0.05) is 0 Å². The van der Waals surface area contributed by atoms with E-state index in [9.17, 15) is 4.79 Å². The zero-order chi connectivity index (χ0) is 21.3. The fourth-order valence-corrected chi connectivity index (χ4v) is 3.49. The second-order valence-corrected chi connectivity index (χ2v) is 7.45. The Morgan fingerprint density at radius 3 is 1.68 bits per heavy atom. The van der Waals surface area contributed by atoms with E-state index in [4.69, 9.17) is 18.9 Å². The van der Waals surface area contributed by atoms with Crippen LogP contribution in [0.1, 0.15) is 16.7 Å². The summed E-state index contributed by atoms with van der Waals surface area (Å²) in [6, 6.07) is 29.5. The Morgan fingerprint density at radius 1 is 0.645 bits per heavy atom. The van der Waals surface area contributed by atoms with Crippen LogP contribution in [0.2, 0.25) is 0 Å². The lowest BCUT2D eigenvalue weighted by Crippen LogP contribution is -2.38. The van der Waals surface area contributed by atoms with E-state index >= 15 is 0 Å². The van der Waals surface area contributed by atoms with E-state index in [0.717, 1.165) is 16.7 Å². The Balaban J connectivity index is 1.40. The van der Waals surface area contributed by atoms with Gasteiger partial charge in [0.2, 0.25) is 0 Å². The molecule has 1 aliphatic heterocycles. The second kappa shape index (κ2) is 10.9. The van der Waals surface area contributed by atoms with Gasteiger partial charge in [-0.15, -0.1) is 0 Å². The average molecular weight is 418 g/mol. The van der Waals surface area contributed by atoms with E-state index in [2.05, 4.69) is 0 Å². The molecular formula is C26H26O5. The lowest BCUT2D eigenvalue weighted by atomic mass is 10.1. The lowest BCUT2D eigenvalue weighted by Gasteiger charge is -2.22. The maximum Gasteiger partial charge on any atom is 0.338 e. The largest absolute Gasteiger partial charge is 0.455 e. The molecule has 160 valence electrons. The van der Waals surface area contributed by atoms with Crippen molar-refractivity contribution in [3.63, 3.8) is 0 Å². The van der Waals surface area contributed by atoms with E-state index in [1.165, 1.54) is 0 Å². The molecule has 31 heavy (non-hydrogen) atoms. The fourth-order valence-electron chi connectivity index (χ4n) is 3.49. The molecule has 0 aromatic heterocycles. The molecule has 1 saturated heterocycles. The van der Waals surface area contributed by atoms with Gasteiger partial charge in [-0.3, -0.25) is 0 Å². The van der Waals surface area contributed by atoms with Crippen molar-refractivity contribution < 1.29 is 23.7 Å². The van der Waals surface area contributed by atoms with Gasteiger partial charge in [0.15, 0.2) is 12.2 Å². The summed E-state index contributed by atoms with van der Waals surface area (Å²) in [5.74, 6) is -0.415. The first-order valence-corrected chi connectivity index (χ1v) is 10.4. The highest BCUT2D eigenvalue weighted by Gasteiger charge is 2.46. The molecule has 0 aliphatic carbocycles. The average Bonchev–Trinajstić information content (AvgIpc) is 3.12. The smallest absolute Gasteiger partial charge is 0.338 e. The van der Waals surface area contributed by atoms with E-state index in [0.29, 0.717) is 19.8 Å². The Morgan fingerprint density at radius 2 is 1.13 bits per heavy atom. The molecule has 3 atom stereocenters. The Labute approximate surface area is 182 Å². The molecule has 0 saturated carbocycles. The van der Waals surface area contributed by atoms with Crippen molar-refractivity contribution in [2.45, 2.75) is 38.1 Å². The van der Waals surface area contributed by atoms with Gasteiger partial charge in [-0.2, -0.15) is 0 Å².